The molecule has 2 N–H and O–H groups in total. The molecule has 2 atom stereocenters. The molecular weight excluding hydrogens is 294 g/mol. The van der Waals surface area contributed by atoms with Crippen LogP contribution in [-0.4, -0.2) is 23.1 Å². The van der Waals surface area contributed by atoms with Gasteiger partial charge in [-0.3, -0.25) is 9.59 Å². The molecule has 0 radical (unpaired) electrons. The molecule has 0 aliphatic heterocycles. The number of carbonyl (C=O) groups excluding carboxylic acids is 1. The number of amides is 1. The lowest BCUT2D eigenvalue weighted by atomic mass is 9.96. The number of ether oxygens (including phenoxy) is 1. The fourth-order valence-corrected chi connectivity index (χ4v) is 3.20. The molecule has 2 saturated carbocycles. The minimum absolute atomic E-state index is 0.0489. The van der Waals surface area contributed by atoms with Crippen molar-refractivity contribution >= 4 is 11.9 Å². The maximum absolute atomic E-state index is 12.2. The molecule has 5 nitrogen and oxygen atoms in total. The summed E-state index contributed by atoms with van der Waals surface area (Å²) in [5.41, 5.74) is 0.973. The van der Waals surface area contributed by atoms with Gasteiger partial charge in [0, 0.05) is 18.0 Å². The summed E-state index contributed by atoms with van der Waals surface area (Å²) in [6.07, 6.45) is 5.41. The number of carboxylic acid groups (broad SMARTS) is 1. The second kappa shape index (κ2) is 7.02. The zero-order valence-corrected chi connectivity index (χ0v) is 13.2. The highest BCUT2D eigenvalue weighted by atomic mass is 16.5. The zero-order valence-electron chi connectivity index (χ0n) is 13.2. The highest BCUT2D eigenvalue weighted by Gasteiger charge is 2.33. The van der Waals surface area contributed by atoms with Gasteiger partial charge in [0.05, 0.1) is 12.0 Å². The maximum atomic E-state index is 12.2. The molecule has 23 heavy (non-hydrogen) atoms. The lowest BCUT2D eigenvalue weighted by molar-refractivity contribution is -0.141. The summed E-state index contributed by atoms with van der Waals surface area (Å²) in [7, 11) is 0. The van der Waals surface area contributed by atoms with E-state index >= 15 is 0 Å². The first-order chi connectivity index (χ1) is 11.1. The topological polar surface area (TPSA) is 75.6 Å². The van der Waals surface area contributed by atoms with Gasteiger partial charge in [-0.25, -0.2) is 0 Å². The van der Waals surface area contributed by atoms with Crippen LogP contribution in [0, 0.1) is 11.8 Å². The number of hydrogen-bond acceptors (Lipinski definition) is 3. The Morgan fingerprint density at radius 1 is 1.13 bits per heavy atom. The van der Waals surface area contributed by atoms with Gasteiger partial charge in [0.25, 0.3) is 0 Å². The summed E-state index contributed by atoms with van der Waals surface area (Å²) in [6.45, 7) is 0.427. The molecule has 0 saturated heterocycles. The van der Waals surface area contributed by atoms with Crippen molar-refractivity contribution in [3.63, 3.8) is 0 Å². The normalized spacial score (nSPS) is 24.0. The van der Waals surface area contributed by atoms with Crippen LogP contribution in [0.5, 0.6) is 5.75 Å². The Morgan fingerprint density at radius 3 is 2.52 bits per heavy atom. The smallest absolute Gasteiger partial charge is 0.306 e. The van der Waals surface area contributed by atoms with Crippen LogP contribution in [0.15, 0.2) is 24.3 Å². The Morgan fingerprint density at radius 2 is 1.87 bits per heavy atom. The van der Waals surface area contributed by atoms with Gasteiger partial charge in [0.15, 0.2) is 0 Å². The molecule has 0 heterocycles. The number of hydrogen-bond donors (Lipinski definition) is 2. The van der Waals surface area contributed by atoms with Gasteiger partial charge >= 0.3 is 5.97 Å². The molecule has 1 amide bonds. The fourth-order valence-electron chi connectivity index (χ4n) is 3.20. The van der Waals surface area contributed by atoms with Gasteiger partial charge in [0.1, 0.15) is 5.75 Å². The largest absolute Gasteiger partial charge is 0.490 e. The summed E-state index contributed by atoms with van der Waals surface area (Å²) < 4.78 is 5.96. The molecule has 0 bridgehead atoms. The predicted octanol–water partition coefficient (Wildman–Crippen LogP) is 2.74. The third-order valence-electron chi connectivity index (χ3n) is 4.92. The van der Waals surface area contributed by atoms with Crippen molar-refractivity contribution < 1.29 is 19.4 Å². The average molecular weight is 317 g/mol. The van der Waals surface area contributed by atoms with E-state index in [0.717, 1.165) is 24.2 Å². The number of carboxylic acids is 1. The van der Waals surface area contributed by atoms with Crippen LogP contribution in [0.25, 0.3) is 0 Å². The monoisotopic (exact) mass is 317 g/mol. The van der Waals surface area contributed by atoms with Crippen LogP contribution in [0.2, 0.25) is 0 Å². The SMILES string of the molecule is O=C(O)[C@@H]1CC[C@H](C(=O)NCc2ccccc2OC2CCC2)C1. The summed E-state index contributed by atoms with van der Waals surface area (Å²) in [6, 6.07) is 7.78. The van der Waals surface area contributed by atoms with Crippen LogP contribution in [0.3, 0.4) is 0 Å². The Kier molecular flexibility index (Phi) is 4.84. The second-order valence-electron chi connectivity index (χ2n) is 6.54. The standard InChI is InChI=1S/C18H23NO4/c20-17(12-8-9-13(10-12)18(21)22)19-11-14-4-1-2-7-16(14)23-15-5-3-6-15/h1-2,4,7,12-13,15H,3,5-6,8-11H2,(H,19,20)(H,21,22)/t12-,13+/m0/s1. The van der Waals surface area contributed by atoms with Gasteiger partial charge in [0.2, 0.25) is 5.91 Å². The van der Waals surface area contributed by atoms with Gasteiger partial charge in [-0.15, -0.1) is 0 Å². The van der Waals surface area contributed by atoms with Crippen LogP contribution < -0.4 is 10.1 Å². The Labute approximate surface area is 136 Å². The van der Waals surface area contributed by atoms with Crippen LogP contribution in [0.4, 0.5) is 0 Å². The highest BCUT2D eigenvalue weighted by molar-refractivity contribution is 5.80. The van der Waals surface area contributed by atoms with Gasteiger partial charge < -0.3 is 15.2 Å². The van der Waals surface area contributed by atoms with E-state index in [-0.39, 0.29) is 17.7 Å². The first kappa shape index (κ1) is 15.8. The molecule has 124 valence electrons. The van der Waals surface area contributed by atoms with Gasteiger partial charge in [-0.1, -0.05) is 18.2 Å². The van der Waals surface area contributed by atoms with Crippen molar-refractivity contribution in [3.8, 4) is 5.75 Å². The van der Waals surface area contributed by atoms with E-state index in [1.54, 1.807) is 0 Å². The van der Waals surface area contributed by atoms with Gasteiger partial charge in [-0.2, -0.15) is 0 Å². The Balaban J connectivity index is 1.54. The van der Waals surface area contributed by atoms with Crippen LogP contribution in [0.1, 0.15) is 44.1 Å². The Bertz CT molecular complexity index is 582. The average Bonchev–Trinajstić information content (AvgIpc) is 2.99. The summed E-state index contributed by atoms with van der Waals surface area (Å²) in [5.74, 6) is -0.560. The molecule has 0 spiro atoms. The van der Waals surface area contributed by atoms with E-state index in [9.17, 15) is 9.59 Å². The van der Waals surface area contributed by atoms with E-state index in [1.807, 2.05) is 24.3 Å². The van der Waals surface area contributed by atoms with Crippen LogP contribution >= 0.6 is 0 Å². The summed E-state index contributed by atoms with van der Waals surface area (Å²) in [5, 5.41) is 12.0. The minimum Gasteiger partial charge on any atom is -0.490 e. The number of para-hydroxylation sites is 1. The van der Waals surface area contributed by atoms with Crippen molar-refractivity contribution in [2.75, 3.05) is 0 Å². The number of nitrogens with one attached hydrogen (secondary N) is 1. The first-order valence-corrected chi connectivity index (χ1v) is 8.38. The maximum Gasteiger partial charge on any atom is 0.306 e. The summed E-state index contributed by atoms with van der Waals surface area (Å²) in [4.78, 5) is 23.2. The van der Waals surface area contributed by atoms with Crippen molar-refractivity contribution in [3.05, 3.63) is 29.8 Å². The van der Waals surface area contributed by atoms with Crippen LogP contribution in [-0.2, 0) is 16.1 Å². The van der Waals surface area contributed by atoms with E-state index in [2.05, 4.69) is 5.32 Å². The lowest BCUT2D eigenvalue weighted by Gasteiger charge is -2.27. The Hall–Kier alpha value is -2.04. The third kappa shape index (κ3) is 3.84. The molecule has 3 rings (SSSR count). The van der Waals surface area contributed by atoms with Crippen molar-refractivity contribution in [1.82, 2.24) is 5.32 Å². The van der Waals surface area contributed by atoms with Crippen molar-refractivity contribution in [1.29, 1.82) is 0 Å². The third-order valence-corrected chi connectivity index (χ3v) is 4.92. The molecule has 1 aromatic rings. The number of aliphatic carboxylic acids is 1. The molecular formula is C18H23NO4. The molecule has 2 aliphatic carbocycles. The lowest BCUT2D eigenvalue weighted by Crippen LogP contribution is -2.30. The van der Waals surface area contributed by atoms with Crippen molar-refractivity contribution in [2.45, 2.75) is 51.2 Å². The number of rotatable bonds is 6. The molecule has 0 unspecified atom stereocenters. The highest BCUT2D eigenvalue weighted by Crippen LogP contribution is 2.31. The fraction of sp³-hybridized carbons (Fsp3) is 0.556. The predicted molar refractivity (Wildman–Crippen MR) is 85.0 cm³/mol. The molecule has 2 fully saturated rings. The summed E-state index contributed by atoms with van der Waals surface area (Å²) >= 11 is 0. The molecule has 1 aromatic carbocycles. The van der Waals surface area contributed by atoms with E-state index in [0.29, 0.717) is 31.9 Å². The quantitative estimate of drug-likeness (QED) is 0.846. The first-order valence-electron chi connectivity index (χ1n) is 8.38. The van der Waals surface area contributed by atoms with Gasteiger partial charge in [-0.05, 0) is 44.6 Å². The minimum atomic E-state index is -0.792. The second-order valence-corrected chi connectivity index (χ2v) is 6.54. The molecule has 0 aromatic heterocycles. The zero-order chi connectivity index (χ0) is 16.2. The molecule has 2 aliphatic rings. The van der Waals surface area contributed by atoms with E-state index in [1.165, 1.54) is 6.42 Å². The van der Waals surface area contributed by atoms with E-state index in [4.69, 9.17) is 9.84 Å². The number of carbonyl (C=O) groups is 2. The van der Waals surface area contributed by atoms with E-state index < -0.39 is 5.97 Å². The van der Waals surface area contributed by atoms with Crippen molar-refractivity contribution in [2.24, 2.45) is 11.8 Å². The number of benzene rings is 1. The molecule has 5 heteroatoms.